The van der Waals surface area contributed by atoms with E-state index >= 15 is 0 Å². The highest BCUT2D eigenvalue weighted by atomic mass is 35.5. The van der Waals surface area contributed by atoms with Crippen molar-refractivity contribution in [3.8, 4) is 40.2 Å². The quantitative estimate of drug-likeness (QED) is 0.00717. The number of phenolic OH excluding ortho intramolecular Hbond substituents is 4. The minimum absolute atomic E-state index is 0.0482. The number of benzene rings is 8. The number of esters is 1. The number of aromatic hydroxyl groups is 4. The van der Waals surface area contributed by atoms with Gasteiger partial charge in [-0.3, -0.25) is 24.1 Å². The van der Waals surface area contributed by atoms with Crippen molar-refractivity contribution in [1.82, 2.24) is 20.4 Å². The number of amides is 2. The maximum absolute atomic E-state index is 12.2. The van der Waals surface area contributed by atoms with Crippen molar-refractivity contribution < 1.29 is 124 Å². The number of carbonyl (C=O) groups is 4. The molecule has 0 aliphatic carbocycles. The normalized spacial score (nSPS) is 13.4. The first-order valence-corrected chi connectivity index (χ1v) is 40.3. The number of hydrogen-bond acceptors (Lipinski definition) is 32. The number of carbonyl (C=O) groups excluding carboxylic acids is 3. The van der Waals surface area contributed by atoms with Gasteiger partial charge in [0.1, 0.15) is 46.9 Å². The summed E-state index contributed by atoms with van der Waals surface area (Å²) in [6, 6.07) is 42.4. The molecule has 8 aromatic carbocycles. The van der Waals surface area contributed by atoms with E-state index in [1.807, 2.05) is 45.0 Å². The Morgan fingerprint density at radius 1 is 0.496 bits per heavy atom. The highest BCUT2D eigenvalue weighted by Crippen LogP contribution is 2.34. The standard InChI is InChI=1S/C15H23N3O5.C11H15FO.C9H11Cl2NO.C9H11NO5.C9H11NO3.2C9H13NO2.C8H11NO2.C6H13NO3.C3H9NO/c1-16-9-13(19)10-6-11(22-14(20)17(2)3)8-12(7-10)23-15(21)18(4)5;1-8-3-5-10(6-4-8)11(13)9(2)7-12;1-2-8(13)5-3-6(10)9(12)7(11)4-5;10-7(9(14)15)8(13)4-1-2-5(11)6(12)3-4;1-2-9(11)7-3-5-8(6-4-7)10(12)13;1-12-8-4-2-7(3-5-8)9(11)6-10;1-10-6-9(12)7-2-4-8(11)5-3-7;9-5-8(11)6-1-3-7(10)4-2-6;1-3-10-6(9)5(7)4(2)8;1-3(5)2-4/h6-8,13,16,19H,9H2,1-5H3;3-6,9,11,13H,7H2,1-2H3;3-4,8,13H,2,12H2,1H3;1-3,7-8,11-13H,10H2,(H,14,15);3-6,9,11H,2H2,1H3;2-5,9,11H,6,10H2,1H3;2-5,9-12H,6H2,1H3;1-4,8,10-11H,5,9H2;4-5,8H,3,7H2,1-2H3;3,5H,2,4H2,1H3/t13-;9-,11+;8-;7-,8-;3*9-;8-;4-,5-;3-/m0101000011/s1. The Kier molecular flexibility index (Phi) is 60.5. The number of aliphatic hydroxyl groups is 10. The molecule has 0 radical (unpaired) electrons. The van der Waals surface area contributed by atoms with Crippen molar-refractivity contribution >= 4 is 58.7 Å². The number of halogens is 3. The van der Waals surface area contributed by atoms with E-state index in [1.165, 1.54) is 65.3 Å². The third-order valence-electron chi connectivity index (χ3n) is 17.1. The Morgan fingerprint density at radius 3 is 1.21 bits per heavy atom. The predicted molar refractivity (Wildman–Crippen MR) is 484 cm³/mol. The number of carboxylic acids is 1. The molecule has 2 amide bonds. The van der Waals surface area contributed by atoms with Gasteiger partial charge in [-0.05, 0) is 184 Å². The van der Waals surface area contributed by atoms with Gasteiger partial charge in [-0.25, -0.2) is 9.59 Å². The molecule has 39 heteroatoms. The lowest BCUT2D eigenvalue weighted by atomic mass is 9.98. The average molecular weight is 1830 g/mol. The summed E-state index contributed by atoms with van der Waals surface area (Å²) >= 11 is 11.6. The van der Waals surface area contributed by atoms with Gasteiger partial charge in [0.05, 0.1) is 96.0 Å². The molecule has 13 atom stereocenters. The van der Waals surface area contributed by atoms with Gasteiger partial charge in [-0.2, -0.15) is 0 Å². The van der Waals surface area contributed by atoms with Crippen LogP contribution in [0.2, 0.25) is 10.0 Å². The van der Waals surface area contributed by atoms with Crippen LogP contribution in [0, 0.1) is 23.0 Å². The van der Waals surface area contributed by atoms with Crippen molar-refractivity contribution in [3.63, 3.8) is 0 Å². The second-order valence-corrected chi connectivity index (χ2v) is 28.9. The zero-order chi connectivity index (χ0) is 97.5. The molecule has 0 aliphatic rings. The molecule has 0 saturated carbocycles. The Hall–Kier alpha value is -10.7. The van der Waals surface area contributed by atoms with Gasteiger partial charge in [-0.1, -0.05) is 116 Å². The topological polar surface area (TPSA) is 638 Å². The van der Waals surface area contributed by atoms with Gasteiger partial charge in [0, 0.05) is 85.0 Å². The van der Waals surface area contributed by atoms with E-state index in [1.54, 1.807) is 155 Å². The molecular formula is C88H130Cl2FN11O25. The first-order chi connectivity index (χ1) is 59.6. The Bertz CT molecular complexity index is 4330. The number of aliphatic carboxylic acids is 1. The van der Waals surface area contributed by atoms with Crippen LogP contribution >= 0.6 is 23.2 Å². The minimum atomic E-state index is -1.48. The van der Waals surface area contributed by atoms with Crippen LogP contribution in [0.15, 0.2) is 170 Å². The zero-order valence-electron chi connectivity index (χ0n) is 73.8. The van der Waals surface area contributed by atoms with Crippen molar-refractivity contribution in [2.45, 2.75) is 134 Å². The maximum Gasteiger partial charge on any atom is 0.414 e. The number of carboxylic acid groups (broad SMARTS) is 1. The van der Waals surface area contributed by atoms with Crippen LogP contribution in [0.25, 0.3) is 0 Å². The first kappa shape index (κ1) is 118. The van der Waals surface area contributed by atoms with Crippen LogP contribution in [0.3, 0.4) is 0 Å². The Balaban J connectivity index is 0. The van der Waals surface area contributed by atoms with Crippen LogP contribution in [0.5, 0.6) is 40.2 Å². The summed E-state index contributed by atoms with van der Waals surface area (Å²) in [5.41, 5.74) is 38.1. The van der Waals surface area contributed by atoms with Crippen molar-refractivity contribution in [2.75, 3.05) is 101 Å². The number of methoxy groups -OCH3 is 1. The summed E-state index contributed by atoms with van der Waals surface area (Å²) in [7, 11) is 11.3. The van der Waals surface area contributed by atoms with Crippen molar-refractivity contribution in [2.24, 2.45) is 34.6 Å². The second kappa shape index (κ2) is 64.9. The number of aliphatic hydroxyl groups excluding tert-OH is 10. The predicted octanol–water partition coefficient (Wildman–Crippen LogP) is 8.59. The number of nitrogens with one attached hydrogen (secondary N) is 2. The lowest BCUT2D eigenvalue weighted by molar-refractivity contribution is -0.384. The molecule has 29 N–H and O–H groups in total. The van der Waals surface area contributed by atoms with E-state index < -0.39 is 108 Å². The number of likely N-dealkylation sites (N-methyl/N-ethyl adjacent to an activating group) is 2. The molecule has 0 spiro atoms. The Morgan fingerprint density at radius 2 is 0.866 bits per heavy atom. The molecule has 0 saturated heterocycles. The van der Waals surface area contributed by atoms with Crippen LogP contribution < -0.4 is 59.2 Å². The Labute approximate surface area is 750 Å². The molecule has 0 aromatic heterocycles. The van der Waals surface area contributed by atoms with Crippen molar-refractivity contribution in [1.29, 1.82) is 0 Å². The highest BCUT2D eigenvalue weighted by Gasteiger charge is 2.25. The second-order valence-electron chi connectivity index (χ2n) is 28.1. The highest BCUT2D eigenvalue weighted by molar-refractivity contribution is 6.38. The molecule has 0 bridgehead atoms. The van der Waals surface area contributed by atoms with Crippen LogP contribution in [-0.2, 0) is 14.3 Å². The number of anilines is 1. The molecule has 0 heterocycles. The largest absolute Gasteiger partial charge is 0.508 e. The smallest absolute Gasteiger partial charge is 0.414 e. The number of non-ortho nitro benzene ring substituents is 1. The number of ether oxygens (including phenoxy) is 4. The van der Waals surface area contributed by atoms with Crippen LogP contribution in [0.1, 0.15) is 153 Å². The average Bonchev–Trinajstić information content (AvgIpc) is 0.857. The summed E-state index contributed by atoms with van der Waals surface area (Å²) < 4.78 is 32.1. The van der Waals surface area contributed by atoms with Gasteiger partial charge >= 0.3 is 24.1 Å². The van der Waals surface area contributed by atoms with Crippen LogP contribution in [-0.4, -0.2) is 235 Å². The fraction of sp³-hybridized carbons (Fsp3) is 0.409. The van der Waals surface area contributed by atoms with Gasteiger partial charge in [0.2, 0.25) is 0 Å². The van der Waals surface area contributed by atoms with E-state index in [9.17, 15) is 74.5 Å². The number of nitro benzene ring substituents is 1. The molecule has 0 aliphatic heterocycles. The van der Waals surface area contributed by atoms with E-state index in [0.29, 0.717) is 71.5 Å². The van der Waals surface area contributed by atoms with Gasteiger partial charge in [0.15, 0.2) is 11.5 Å². The number of phenols is 4. The summed E-state index contributed by atoms with van der Waals surface area (Å²) in [6.45, 7) is 13.6. The fourth-order valence-electron chi connectivity index (χ4n) is 9.17. The molecule has 8 rings (SSSR count). The first-order valence-electron chi connectivity index (χ1n) is 39.5. The third-order valence-corrected chi connectivity index (χ3v) is 17.7. The lowest BCUT2D eigenvalue weighted by Gasteiger charge is -2.17. The van der Waals surface area contributed by atoms with Crippen LogP contribution in [0.4, 0.5) is 25.4 Å². The van der Waals surface area contributed by atoms with E-state index in [-0.39, 0.29) is 65.1 Å². The minimum Gasteiger partial charge on any atom is -0.508 e. The number of nitrogen functional groups attached to an aromatic ring is 1. The molecule has 708 valence electrons. The summed E-state index contributed by atoms with van der Waals surface area (Å²) in [4.78, 5) is 56.9. The molecule has 8 aromatic rings. The number of aryl methyl sites for hydroxylation is 1. The van der Waals surface area contributed by atoms with Gasteiger partial charge in [-0.15, -0.1) is 0 Å². The number of nitrogens with zero attached hydrogens (tertiary/aromatic N) is 3. The van der Waals surface area contributed by atoms with Gasteiger partial charge in [0.25, 0.3) is 5.69 Å². The summed E-state index contributed by atoms with van der Waals surface area (Å²) in [5, 5.41) is 154. The number of nitro groups is 1. The van der Waals surface area contributed by atoms with E-state index in [4.69, 9.17) is 108 Å². The summed E-state index contributed by atoms with van der Waals surface area (Å²) in [6.07, 6.45) is -6.83. The maximum atomic E-state index is 12.2. The molecule has 0 fully saturated rings. The molecule has 127 heavy (non-hydrogen) atoms. The number of rotatable bonds is 28. The number of alkyl halides is 1. The lowest BCUT2D eigenvalue weighted by Crippen LogP contribution is -2.41. The number of nitrogens with two attached hydrogens (primary N) is 6. The van der Waals surface area contributed by atoms with Crippen molar-refractivity contribution in [3.05, 3.63) is 240 Å². The molecule has 36 nitrogen and oxygen atoms in total. The van der Waals surface area contributed by atoms with E-state index in [2.05, 4.69) is 15.4 Å². The van der Waals surface area contributed by atoms with E-state index in [0.717, 1.165) is 45.7 Å². The molecular weight excluding hydrogens is 1700 g/mol. The molecule has 0 unspecified atom stereocenters. The summed E-state index contributed by atoms with van der Waals surface area (Å²) in [5.74, 6) is -1.48. The third kappa shape index (κ3) is 48.1. The monoisotopic (exact) mass is 1830 g/mol. The fourth-order valence-corrected chi connectivity index (χ4v) is 9.67. The number of hydrogen-bond donors (Lipinski definition) is 23. The van der Waals surface area contributed by atoms with Gasteiger partial charge < -0.3 is 150 Å². The zero-order valence-corrected chi connectivity index (χ0v) is 75.3. The SMILES string of the molecule is CCOC(=O)[C@H](N)[C@@H](C)O.CC[C@H](O)c1cc(Cl)c(N)c(Cl)c1.CC[C@H](O)c1ccc([N+](=O)[O-])cc1.CNC[C@H](O)c1cc(OC(=O)N(C)C)cc(OC(=O)N(C)C)c1.CNC[C@H](O)c1ccc(O)cc1.COc1ccc([C@@H](O)CN)cc1.C[C@@H](O)CN.Cc1ccc([C@@H](O)[C@H](C)CF)cc1.NC[C@H](O)c1ccc(O)cc1.N[C@@H](C(=O)O)[C@H](O)c1ccc(O)c(O)c1.